The number of nitrogens with zero attached hydrogens (tertiary/aromatic N) is 1. The van der Waals surface area contributed by atoms with Crippen LogP contribution in [0.15, 0.2) is 18.2 Å². The summed E-state index contributed by atoms with van der Waals surface area (Å²) in [6.45, 7) is 2.31. The molecule has 0 spiro atoms. The van der Waals surface area contributed by atoms with Gasteiger partial charge in [0.1, 0.15) is 0 Å². The van der Waals surface area contributed by atoms with E-state index in [9.17, 15) is 4.79 Å². The third-order valence-corrected chi connectivity index (χ3v) is 3.49. The van der Waals surface area contributed by atoms with E-state index in [-0.39, 0.29) is 11.9 Å². The van der Waals surface area contributed by atoms with E-state index in [2.05, 4.69) is 10.3 Å². The summed E-state index contributed by atoms with van der Waals surface area (Å²) in [5, 5.41) is 3.38. The molecular formula is C13H17N3O2S. The summed E-state index contributed by atoms with van der Waals surface area (Å²) >= 11 is 1.45. The highest BCUT2D eigenvalue weighted by molar-refractivity contribution is 7.22. The van der Waals surface area contributed by atoms with Crippen molar-refractivity contribution in [1.82, 2.24) is 4.98 Å². The number of anilines is 1. The van der Waals surface area contributed by atoms with Crippen molar-refractivity contribution in [2.75, 3.05) is 12.4 Å². The number of hydrogen-bond donors (Lipinski definition) is 2. The molecule has 0 aliphatic rings. The van der Waals surface area contributed by atoms with Crippen molar-refractivity contribution in [2.45, 2.75) is 26.0 Å². The molecule has 0 bridgehead atoms. The monoisotopic (exact) mass is 279 g/mol. The summed E-state index contributed by atoms with van der Waals surface area (Å²) in [6, 6.07) is 5.76. The zero-order valence-electron chi connectivity index (χ0n) is 11.0. The summed E-state index contributed by atoms with van der Waals surface area (Å²) in [4.78, 5) is 16.1. The van der Waals surface area contributed by atoms with Crippen LogP contribution in [-0.2, 0) is 16.1 Å². The van der Waals surface area contributed by atoms with Crippen LogP contribution in [0.3, 0.4) is 0 Å². The smallest absolute Gasteiger partial charge is 0.227 e. The highest BCUT2D eigenvalue weighted by Crippen LogP contribution is 2.28. The molecule has 0 aliphatic heterocycles. The number of methoxy groups -OCH3 is 1. The van der Waals surface area contributed by atoms with E-state index in [0.29, 0.717) is 18.2 Å². The van der Waals surface area contributed by atoms with Crippen molar-refractivity contribution in [3.05, 3.63) is 23.8 Å². The van der Waals surface area contributed by atoms with E-state index in [1.165, 1.54) is 11.3 Å². The van der Waals surface area contributed by atoms with E-state index in [1.54, 1.807) is 14.0 Å². The average molecular weight is 279 g/mol. The number of benzene rings is 1. The molecule has 3 N–H and O–H groups in total. The molecule has 1 aromatic heterocycles. The molecule has 0 saturated heterocycles. The van der Waals surface area contributed by atoms with Crippen molar-refractivity contribution < 1.29 is 9.53 Å². The van der Waals surface area contributed by atoms with Crippen LogP contribution in [0, 0.1) is 0 Å². The van der Waals surface area contributed by atoms with Crippen LogP contribution in [0.25, 0.3) is 10.2 Å². The predicted molar refractivity (Wildman–Crippen MR) is 77.2 cm³/mol. The minimum absolute atomic E-state index is 0.109. The Morgan fingerprint density at radius 1 is 1.58 bits per heavy atom. The third-order valence-electron chi connectivity index (χ3n) is 2.56. The lowest BCUT2D eigenvalue weighted by Gasteiger charge is -2.03. The second kappa shape index (κ2) is 6.10. The first-order chi connectivity index (χ1) is 9.10. The van der Waals surface area contributed by atoms with E-state index in [1.807, 2.05) is 18.2 Å². The molecule has 102 valence electrons. The summed E-state index contributed by atoms with van der Waals surface area (Å²) in [6.07, 6.45) is 0.293. The molecule has 1 unspecified atom stereocenters. The summed E-state index contributed by atoms with van der Waals surface area (Å²) < 4.78 is 6.17. The van der Waals surface area contributed by atoms with E-state index >= 15 is 0 Å². The Morgan fingerprint density at radius 3 is 3.05 bits per heavy atom. The van der Waals surface area contributed by atoms with Crippen LogP contribution in [0.5, 0.6) is 0 Å². The van der Waals surface area contributed by atoms with Crippen LogP contribution in [-0.4, -0.2) is 24.0 Å². The molecular weight excluding hydrogens is 262 g/mol. The second-order valence-corrected chi connectivity index (χ2v) is 5.48. The van der Waals surface area contributed by atoms with Gasteiger partial charge in [-0.3, -0.25) is 4.79 Å². The predicted octanol–water partition coefficient (Wildman–Crippen LogP) is 2.12. The van der Waals surface area contributed by atoms with Gasteiger partial charge in [0.15, 0.2) is 5.13 Å². The normalized spacial score (nSPS) is 12.6. The third kappa shape index (κ3) is 3.50. The number of fused-ring (bicyclic) bond motifs is 1. The minimum Gasteiger partial charge on any atom is -0.380 e. The van der Waals surface area contributed by atoms with Gasteiger partial charge in [-0.25, -0.2) is 4.98 Å². The van der Waals surface area contributed by atoms with Gasteiger partial charge in [0, 0.05) is 25.1 Å². The summed E-state index contributed by atoms with van der Waals surface area (Å²) in [7, 11) is 1.65. The van der Waals surface area contributed by atoms with Crippen molar-refractivity contribution in [1.29, 1.82) is 0 Å². The maximum atomic E-state index is 11.7. The number of thiazole rings is 1. The number of ether oxygens (including phenoxy) is 1. The topological polar surface area (TPSA) is 77.2 Å². The molecule has 19 heavy (non-hydrogen) atoms. The Kier molecular flexibility index (Phi) is 4.47. The summed E-state index contributed by atoms with van der Waals surface area (Å²) in [5.41, 5.74) is 7.49. The number of carbonyl (C=O) groups is 1. The number of carbonyl (C=O) groups excluding carboxylic acids is 1. The maximum absolute atomic E-state index is 11.7. The van der Waals surface area contributed by atoms with Gasteiger partial charge < -0.3 is 15.8 Å². The standard InChI is InChI=1S/C13H17N3O2S/c1-8(14)6-11(17)15-13-16-12-9(7-18-2)4-3-5-10(12)19-13/h3-5,8H,6-7,14H2,1-2H3,(H,15,16,17). The second-order valence-electron chi connectivity index (χ2n) is 4.45. The van der Waals surface area contributed by atoms with Gasteiger partial charge in [-0.1, -0.05) is 23.5 Å². The van der Waals surface area contributed by atoms with Gasteiger partial charge >= 0.3 is 0 Å². The lowest BCUT2D eigenvalue weighted by Crippen LogP contribution is -2.23. The number of rotatable bonds is 5. The Hall–Kier alpha value is -1.50. The van der Waals surface area contributed by atoms with E-state index < -0.39 is 0 Å². The number of nitrogens with two attached hydrogens (primary N) is 1. The lowest BCUT2D eigenvalue weighted by atomic mass is 10.2. The maximum Gasteiger partial charge on any atom is 0.227 e. The molecule has 5 nitrogen and oxygen atoms in total. The van der Waals surface area contributed by atoms with Crippen molar-refractivity contribution in [2.24, 2.45) is 5.73 Å². The first-order valence-electron chi connectivity index (χ1n) is 6.03. The zero-order chi connectivity index (χ0) is 13.8. The first kappa shape index (κ1) is 13.9. The number of amides is 1. The molecule has 1 aromatic carbocycles. The van der Waals surface area contributed by atoms with Crippen molar-refractivity contribution in [3.8, 4) is 0 Å². The minimum atomic E-state index is -0.154. The van der Waals surface area contributed by atoms with Crippen molar-refractivity contribution in [3.63, 3.8) is 0 Å². The first-order valence-corrected chi connectivity index (χ1v) is 6.84. The Morgan fingerprint density at radius 2 is 2.37 bits per heavy atom. The SMILES string of the molecule is COCc1cccc2sc(NC(=O)CC(C)N)nc12. The van der Waals surface area contributed by atoms with Gasteiger partial charge in [-0.2, -0.15) is 0 Å². The number of hydrogen-bond acceptors (Lipinski definition) is 5. The Bertz CT molecular complexity index is 580. The Balaban J connectivity index is 2.21. The molecule has 2 aromatic rings. The lowest BCUT2D eigenvalue weighted by molar-refractivity contribution is -0.116. The quantitative estimate of drug-likeness (QED) is 0.879. The molecule has 1 atom stereocenters. The van der Waals surface area contributed by atoms with Gasteiger partial charge in [0.2, 0.25) is 5.91 Å². The Labute approximate surface area is 115 Å². The molecule has 0 fully saturated rings. The van der Waals surface area contributed by atoms with Crippen molar-refractivity contribution >= 4 is 32.6 Å². The number of nitrogens with one attached hydrogen (secondary N) is 1. The molecule has 1 heterocycles. The van der Waals surface area contributed by atoms with Crippen LogP contribution in [0.4, 0.5) is 5.13 Å². The van der Waals surface area contributed by atoms with Gasteiger partial charge in [-0.05, 0) is 13.0 Å². The number of para-hydroxylation sites is 1. The molecule has 0 aliphatic carbocycles. The molecule has 2 rings (SSSR count). The highest BCUT2D eigenvalue weighted by Gasteiger charge is 2.11. The molecule has 0 radical (unpaired) electrons. The van der Waals surface area contributed by atoms with E-state index in [4.69, 9.17) is 10.5 Å². The van der Waals surface area contributed by atoms with Gasteiger partial charge in [-0.15, -0.1) is 0 Å². The zero-order valence-corrected chi connectivity index (χ0v) is 11.8. The molecule has 1 amide bonds. The fourth-order valence-corrected chi connectivity index (χ4v) is 2.72. The average Bonchev–Trinajstić information content (AvgIpc) is 2.71. The van der Waals surface area contributed by atoms with Crippen LogP contribution < -0.4 is 11.1 Å². The van der Waals surface area contributed by atoms with Gasteiger partial charge in [0.25, 0.3) is 0 Å². The fraction of sp³-hybridized carbons (Fsp3) is 0.385. The largest absolute Gasteiger partial charge is 0.380 e. The van der Waals surface area contributed by atoms with Crippen LogP contribution >= 0.6 is 11.3 Å². The number of aromatic nitrogens is 1. The fourth-order valence-electron chi connectivity index (χ4n) is 1.79. The van der Waals surface area contributed by atoms with E-state index in [0.717, 1.165) is 15.8 Å². The highest BCUT2D eigenvalue weighted by atomic mass is 32.1. The summed E-state index contributed by atoms with van der Waals surface area (Å²) in [5.74, 6) is -0.109. The molecule has 0 saturated carbocycles. The van der Waals surface area contributed by atoms with Gasteiger partial charge in [0.05, 0.1) is 16.8 Å². The molecule has 6 heteroatoms. The van der Waals surface area contributed by atoms with Crippen LogP contribution in [0.2, 0.25) is 0 Å². The van der Waals surface area contributed by atoms with Crippen LogP contribution in [0.1, 0.15) is 18.9 Å².